The molecule has 0 aromatic carbocycles. The molecule has 0 bridgehead atoms. The number of rotatable bonds is 1. The molecule has 0 saturated carbocycles. The number of hydrogen-bond acceptors (Lipinski definition) is 4. The van der Waals surface area contributed by atoms with Gasteiger partial charge in [0.1, 0.15) is 6.61 Å². The summed E-state index contributed by atoms with van der Waals surface area (Å²) in [5.74, 6) is 0. The van der Waals surface area contributed by atoms with Crippen LogP contribution >= 0.6 is 0 Å². The maximum Gasteiger partial charge on any atom is 0.431 e. The van der Waals surface area contributed by atoms with E-state index in [0.717, 1.165) is 5.01 Å². The molecule has 1 amide bonds. The predicted octanol–water partition coefficient (Wildman–Crippen LogP) is -0.311. The molecule has 1 aliphatic heterocycles. The summed E-state index contributed by atoms with van der Waals surface area (Å²) in [5, 5.41) is 3.98. The number of nitrogens with zero attached hydrogens (tertiary/aromatic N) is 2. The Hall–Kier alpha value is -1.35. The van der Waals surface area contributed by atoms with Crippen molar-refractivity contribution in [3.63, 3.8) is 0 Å². The molecule has 5 heteroatoms. The SMILES string of the molecule is O=C=NN1CCOC1=O. The Morgan fingerprint density at radius 3 is 3.00 bits per heavy atom. The van der Waals surface area contributed by atoms with E-state index in [2.05, 4.69) is 9.84 Å². The van der Waals surface area contributed by atoms with Gasteiger partial charge < -0.3 is 4.74 Å². The van der Waals surface area contributed by atoms with Crippen LogP contribution in [-0.2, 0) is 9.53 Å². The van der Waals surface area contributed by atoms with Gasteiger partial charge in [-0.25, -0.2) is 9.59 Å². The van der Waals surface area contributed by atoms with Gasteiger partial charge in [-0.2, -0.15) is 5.01 Å². The van der Waals surface area contributed by atoms with Crippen LogP contribution in [0.4, 0.5) is 4.79 Å². The zero-order valence-corrected chi connectivity index (χ0v) is 4.53. The molecule has 0 radical (unpaired) electrons. The lowest BCUT2D eigenvalue weighted by molar-refractivity contribution is 0.159. The Labute approximate surface area is 50.9 Å². The van der Waals surface area contributed by atoms with Gasteiger partial charge in [0, 0.05) is 0 Å². The molecule has 0 aliphatic carbocycles. The highest BCUT2D eigenvalue weighted by Gasteiger charge is 2.20. The lowest BCUT2D eigenvalue weighted by Gasteiger charge is -1.97. The predicted molar refractivity (Wildman–Crippen MR) is 26.2 cm³/mol. The van der Waals surface area contributed by atoms with E-state index in [-0.39, 0.29) is 0 Å². The molecule has 1 fully saturated rings. The van der Waals surface area contributed by atoms with Crippen molar-refractivity contribution in [2.45, 2.75) is 0 Å². The van der Waals surface area contributed by atoms with Crippen LogP contribution in [0.5, 0.6) is 0 Å². The topological polar surface area (TPSA) is 59.0 Å². The Morgan fingerprint density at radius 2 is 2.56 bits per heavy atom. The van der Waals surface area contributed by atoms with Crippen LogP contribution in [0.2, 0.25) is 0 Å². The number of carbonyl (C=O) groups is 1. The number of carbonyl (C=O) groups excluding carboxylic acids is 2. The first-order chi connectivity index (χ1) is 4.34. The Balaban J connectivity index is 2.59. The quantitative estimate of drug-likeness (QED) is 0.359. The molecule has 0 aromatic rings. The highest BCUT2D eigenvalue weighted by molar-refractivity contribution is 5.69. The smallest absolute Gasteiger partial charge is 0.431 e. The minimum atomic E-state index is -0.585. The second kappa shape index (κ2) is 2.28. The number of hydrogen-bond donors (Lipinski definition) is 0. The molecule has 0 spiro atoms. The van der Waals surface area contributed by atoms with E-state index in [1.54, 1.807) is 0 Å². The summed E-state index contributed by atoms with van der Waals surface area (Å²) in [6.07, 6.45) is 0.655. The second-order valence-corrected chi connectivity index (χ2v) is 1.43. The minimum absolute atomic E-state index is 0.296. The third-order valence-electron chi connectivity index (χ3n) is 0.901. The van der Waals surface area contributed by atoms with E-state index in [9.17, 15) is 9.59 Å². The molecule has 1 rings (SSSR count). The number of hydrazone groups is 1. The molecule has 5 nitrogen and oxygen atoms in total. The van der Waals surface area contributed by atoms with E-state index < -0.39 is 6.09 Å². The van der Waals surface area contributed by atoms with Crippen LogP contribution in [0, 0.1) is 0 Å². The largest absolute Gasteiger partial charge is 0.446 e. The molecule has 9 heavy (non-hydrogen) atoms. The van der Waals surface area contributed by atoms with Gasteiger partial charge in [0.15, 0.2) is 0 Å². The van der Waals surface area contributed by atoms with Crippen LogP contribution in [-0.4, -0.2) is 30.3 Å². The standard InChI is InChI=1S/C4H4N2O3/c7-3-5-6-1-2-9-4(6)8/h1-2H2. The van der Waals surface area contributed by atoms with Crippen LogP contribution in [0.1, 0.15) is 0 Å². The molecule has 1 saturated heterocycles. The zero-order valence-electron chi connectivity index (χ0n) is 4.53. The van der Waals surface area contributed by atoms with E-state index in [1.807, 2.05) is 0 Å². The fourth-order valence-corrected chi connectivity index (χ4v) is 0.525. The maximum absolute atomic E-state index is 10.4. The van der Waals surface area contributed by atoms with Crippen LogP contribution in [0.25, 0.3) is 0 Å². The first kappa shape index (κ1) is 5.78. The highest BCUT2D eigenvalue weighted by Crippen LogP contribution is 2.01. The number of ether oxygens (including phenoxy) is 1. The molecular formula is C4H4N2O3. The summed E-state index contributed by atoms with van der Waals surface area (Å²) >= 11 is 0. The first-order valence-electron chi connectivity index (χ1n) is 2.36. The van der Waals surface area contributed by atoms with E-state index >= 15 is 0 Å². The van der Waals surface area contributed by atoms with Crippen molar-refractivity contribution in [3.05, 3.63) is 0 Å². The van der Waals surface area contributed by atoms with Crippen molar-refractivity contribution in [2.24, 2.45) is 5.10 Å². The average molecular weight is 128 g/mol. The first-order valence-corrected chi connectivity index (χ1v) is 2.36. The highest BCUT2D eigenvalue weighted by atomic mass is 16.6. The van der Waals surface area contributed by atoms with Crippen molar-refractivity contribution >= 4 is 12.2 Å². The van der Waals surface area contributed by atoms with Crippen molar-refractivity contribution in [1.82, 2.24) is 5.01 Å². The van der Waals surface area contributed by atoms with E-state index in [1.165, 1.54) is 6.08 Å². The Kier molecular flexibility index (Phi) is 1.46. The van der Waals surface area contributed by atoms with Gasteiger partial charge in [0.2, 0.25) is 0 Å². The minimum Gasteiger partial charge on any atom is -0.446 e. The van der Waals surface area contributed by atoms with E-state index in [4.69, 9.17) is 0 Å². The summed E-state index contributed by atoms with van der Waals surface area (Å²) in [4.78, 5) is 20.0. The van der Waals surface area contributed by atoms with Gasteiger partial charge in [0.05, 0.1) is 6.54 Å². The van der Waals surface area contributed by atoms with Crippen LogP contribution < -0.4 is 0 Å². The van der Waals surface area contributed by atoms with Gasteiger partial charge in [0.25, 0.3) is 6.08 Å². The fraction of sp³-hybridized carbons (Fsp3) is 0.500. The molecule has 0 unspecified atom stereocenters. The second-order valence-electron chi connectivity index (χ2n) is 1.43. The molecule has 0 aromatic heterocycles. The zero-order chi connectivity index (χ0) is 6.69. The summed E-state index contributed by atoms with van der Waals surface area (Å²) in [6.45, 7) is 0.637. The molecule has 0 atom stereocenters. The summed E-state index contributed by atoms with van der Waals surface area (Å²) in [7, 11) is 0. The van der Waals surface area contributed by atoms with Gasteiger partial charge >= 0.3 is 6.09 Å². The van der Waals surface area contributed by atoms with Crippen LogP contribution in [0.15, 0.2) is 5.10 Å². The third kappa shape index (κ3) is 1.06. The summed E-state index contributed by atoms with van der Waals surface area (Å²) < 4.78 is 4.43. The van der Waals surface area contributed by atoms with Gasteiger partial charge in [-0.15, -0.1) is 0 Å². The molecule has 1 aliphatic rings. The van der Waals surface area contributed by atoms with E-state index in [0.29, 0.717) is 13.2 Å². The fourth-order valence-electron chi connectivity index (χ4n) is 0.525. The van der Waals surface area contributed by atoms with Gasteiger partial charge in [-0.05, 0) is 0 Å². The maximum atomic E-state index is 10.4. The lowest BCUT2D eigenvalue weighted by atomic mass is 10.7. The lowest BCUT2D eigenvalue weighted by Crippen LogP contribution is -2.16. The Bertz CT molecular complexity index is 173. The van der Waals surface area contributed by atoms with Crippen molar-refractivity contribution in [1.29, 1.82) is 0 Å². The van der Waals surface area contributed by atoms with Gasteiger partial charge in [-0.1, -0.05) is 5.10 Å². The third-order valence-corrected chi connectivity index (χ3v) is 0.901. The summed E-state index contributed by atoms with van der Waals surface area (Å²) in [6, 6.07) is 0. The van der Waals surface area contributed by atoms with Crippen LogP contribution in [0.3, 0.4) is 0 Å². The number of cyclic esters (lactones) is 1. The average Bonchev–Trinajstić information content (AvgIpc) is 2.18. The number of isocyanates is 1. The molecule has 0 N–H and O–H groups in total. The van der Waals surface area contributed by atoms with Crippen molar-refractivity contribution in [2.75, 3.05) is 13.2 Å². The molecular weight excluding hydrogens is 124 g/mol. The summed E-state index contributed by atoms with van der Waals surface area (Å²) in [5.41, 5.74) is 0. The monoisotopic (exact) mass is 128 g/mol. The normalized spacial score (nSPS) is 16.9. The number of amides is 1. The van der Waals surface area contributed by atoms with Crippen molar-refractivity contribution in [3.8, 4) is 0 Å². The Morgan fingerprint density at radius 1 is 1.78 bits per heavy atom. The molecule has 1 heterocycles. The van der Waals surface area contributed by atoms with Crippen molar-refractivity contribution < 1.29 is 14.3 Å². The van der Waals surface area contributed by atoms with Gasteiger partial charge in [-0.3, -0.25) is 0 Å². The molecule has 48 valence electrons.